The molecule has 1 aromatic carbocycles. The molecule has 1 atom stereocenters. The van der Waals surface area contributed by atoms with Gasteiger partial charge in [-0.1, -0.05) is 37.3 Å². The van der Waals surface area contributed by atoms with Crippen molar-refractivity contribution in [1.82, 2.24) is 0 Å². The van der Waals surface area contributed by atoms with Gasteiger partial charge in [-0.25, -0.2) is 5.11 Å². The van der Waals surface area contributed by atoms with Crippen LogP contribution in [0.2, 0.25) is 0 Å². The molecule has 0 spiro atoms. The highest BCUT2D eigenvalue weighted by Crippen LogP contribution is 2.03. The second-order valence-electron chi connectivity index (χ2n) is 3.30. The van der Waals surface area contributed by atoms with Gasteiger partial charge in [0.15, 0.2) is 6.29 Å². The van der Waals surface area contributed by atoms with E-state index in [4.69, 9.17) is 4.74 Å². The average Bonchev–Trinajstić information content (AvgIpc) is 2.25. The van der Waals surface area contributed by atoms with E-state index in [1.165, 1.54) is 5.56 Å². The van der Waals surface area contributed by atoms with Crippen molar-refractivity contribution in [2.45, 2.75) is 32.5 Å². The third-order valence-corrected chi connectivity index (χ3v) is 2.09. The normalized spacial score (nSPS) is 12.7. The standard InChI is InChI=1S/C12H17O2/c1-2-12(13)14-10-6-9-11-7-4-3-5-8-11/h3-5,7-8,12H,2,6,9-10H2,1H3. The second kappa shape index (κ2) is 6.57. The Morgan fingerprint density at radius 2 is 2.00 bits per heavy atom. The summed E-state index contributed by atoms with van der Waals surface area (Å²) >= 11 is 0. The summed E-state index contributed by atoms with van der Waals surface area (Å²) in [6.45, 7) is 2.41. The molecule has 0 saturated carbocycles. The zero-order valence-electron chi connectivity index (χ0n) is 8.61. The summed E-state index contributed by atoms with van der Waals surface area (Å²) in [4.78, 5) is 0. The maximum Gasteiger partial charge on any atom is 0.191 e. The molecule has 0 aliphatic carbocycles. The summed E-state index contributed by atoms with van der Waals surface area (Å²) in [6.07, 6.45) is 1.61. The van der Waals surface area contributed by atoms with Crippen LogP contribution in [0.1, 0.15) is 25.3 Å². The second-order valence-corrected chi connectivity index (χ2v) is 3.30. The lowest BCUT2D eigenvalue weighted by molar-refractivity contribution is -0.141. The Balaban J connectivity index is 2.10. The van der Waals surface area contributed by atoms with Gasteiger partial charge in [0.1, 0.15) is 0 Å². The molecule has 77 valence electrons. The van der Waals surface area contributed by atoms with E-state index in [1.807, 2.05) is 25.1 Å². The SMILES string of the molecule is CCC([O])OCCCc1ccccc1. The molecule has 1 radical (unpaired) electrons. The zero-order chi connectivity index (χ0) is 10.2. The fraction of sp³-hybridized carbons (Fsp3) is 0.500. The van der Waals surface area contributed by atoms with Crippen LogP contribution in [-0.2, 0) is 16.3 Å². The lowest BCUT2D eigenvalue weighted by Gasteiger charge is -2.06. The third kappa shape index (κ3) is 4.40. The molecule has 2 heteroatoms. The molecule has 0 fully saturated rings. The van der Waals surface area contributed by atoms with Crippen molar-refractivity contribution in [3.05, 3.63) is 35.9 Å². The van der Waals surface area contributed by atoms with E-state index in [-0.39, 0.29) is 0 Å². The first kappa shape index (κ1) is 11.2. The smallest absolute Gasteiger partial charge is 0.191 e. The van der Waals surface area contributed by atoms with Crippen LogP contribution >= 0.6 is 0 Å². The maximum absolute atomic E-state index is 10.9. The van der Waals surface area contributed by atoms with Gasteiger partial charge in [-0.05, 0) is 24.8 Å². The quantitative estimate of drug-likeness (QED) is 0.504. The first-order valence-electron chi connectivity index (χ1n) is 5.14. The first-order valence-corrected chi connectivity index (χ1v) is 5.14. The van der Waals surface area contributed by atoms with Gasteiger partial charge in [0.25, 0.3) is 0 Å². The van der Waals surface area contributed by atoms with Gasteiger partial charge in [-0.15, -0.1) is 0 Å². The van der Waals surface area contributed by atoms with Crippen molar-refractivity contribution in [3.63, 3.8) is 0 Å². The Hall–Kier alpha value is -0.860. The molecule has 14 heavy (non-hydrogen) atoms. The van der Waals surface area contributed by atoms with E-state index in [0.717, 1.165) is 12.8 Å². The molecule has 0 amide bonds. The Morgan fingerprint density at radius 1 is 1.29 bits per heavy atom. The predicted octanol–water partition coefficient (Wildman–Crippen LogP) is 2.80. The molecular weight excluding hydrogens is 176 g/mol. The minimum atomic E-state index is -0.842. The van der Waals surface area contributed by atoms with E-state index in [1.54, 1.807) is 0 Å². The largest absolute Gasteiger partial charge is 0.350 e. The number of ether oxygens (including phenoxy) is 1. The molecule has 0 N–H and O–H groups in total. The average molecular weight is 193 g/mol. The predicted molar refractivity (Wildman–Crippen MR) is 55.5 cm³/mol. The van der Waals surface area contributed by atoms with Crippen LogP contribution < -0.4 is 0 Å². The molecule has 1 aromatic rings. The zero-order valence-corrected chi connectivity index (χ0v) is 8.61. The molecule has 0 aromatic heterocycles. The molecule has 0 saturated heterocycles. The molecule has 1 rings (SSSR count). The van der Waals surface area contributed by atoms with Gasteiger partial charge in [0.05, 0.1) is 6.61 Å². The first-order chi connectivity index (χ1) is 6.83. The lowest BCUT2D eigenvalue weighted by atomic mass is 10.1. The monoisotopic (exact) mass is 193 g/mol. The fourth-order valence-corrected chi connectivity index (χ4v) is 1.25. The van der Waals surface area contributed by atoms with Crippen molar-refractivity contribution in [1.29, 1.82) is 0 Å². The summed E-state index contributed by atoms with van der Waals surface area (Å²) in [5, 5.41) is 10.9. The number of hydrogen-bond donors (Lipinski definition) is 0. The highest BCUT2D eigenvalue weighted by atomic mass is 16.6. The number of rotatable bonds is 6. The molecule has 0 aliphatic rings. The number of aryl methyl sites for hydroxylation is 1. The van der Waals surface area contributed by atoms with Crippen molar-refractivity contribution in [2.75, 3.05) is 6.61 Å². The highest BCUT2D eigenvalue weighted by Gasteiger charge is 2.01. The van der Waals surface area contributed by atoms with Crippen LogP contribution in [-0.4, -0.2) is 12.9 Å². The molecule has 0 aliphatic heterocycles. The maximum atomic E-state index is 10.9. The van der Waals surface area contributed by atoms with Crippen molar-refractivity contribution < 1.29 is 9.84 Å². The van der Waals surface area contributed by atoms with Crippen molar-refractivity contribution in [3.8, 4) is 0 Å². The minimum Gasteiger partial charge on any atom is -0.350 e. The number of benzene rings is 1. The van der Waals surface area contributed by atoms with Crippen molar-refractivity contribution >= 4 is 0 Å². The Bertz CT molecular complexity index is 233. The van der Waals surface area contributed by atoms with Crippen LogP contribution in [0.25, 0.3) is 0 Å². The summed E-state index contributed by atoms with van der Waals surface area (Å²) in [7, 11) is 0. The van der Waals surface area contributed by atoms with Gasteiger partial charge < -0.3 is 4.74 Å². The fourth-order valence-electron chi connectivity index (χ4n) is 1.25. The summed E-state index contributed by atoms with van der Waals surface area (Å²) in [5.74, 6) is 0. The highest BCUT2D eigenvalue weighted by molar-refractivity contribution is 5.14. The Labute approximate surface area is 85.5 Å². The Kier molecular flexibility index (Phi) is 5.27. The molecule has 2 nitrogen and oxygen atoms in total. The minimum absolute atomic E-state index is 0.547. The summed E-state index contributed by atoms with van der Waals surface area (Å²) in [5.41, 5.74) is 1.30. The molecular formula is C12H17O2. The van der Waals surface area contributed by atoms with Gasteiger partial charge in [-0.3, -0.25) is 0 Å². The van der Waals surface area contributed by atoms with Gasteiger partial charge in [0, 0.05) is 0 Å². The summed E-state index contributed by atoms with van der Waals surface area (Å²) in [6, 6.07) is 10.2. The van der Waals surface area contributed by atoms with Crippen LogP contribution in [0, 0.1) is 0 Å². The molecule has 0 bridgehead atoms. The summed E-state index contributed by atoms with van der Waals surface area (Å²) < 4.78 is 5.06. The van der Waals surface area contributed by atoms with Gasteiger partial charge in [0.2, 0.25) is 0 Å². The lowest BCUT2D eigenvalue weighted by Crippen LogP contribution is -2.09. The van der Waals surface area contributed by atoms with E-state index in [2.05, 4.69) is 12.1 Å². The van der Waals surface area contributed by atoms with E-state index >= 15 is 0 Å². The van der Waals surface area contributed by atoms with E-state index in [0.29, 0.717) is 13.0 Å². The van der Waals surface area contributed by atoms with Crippen LogP contribution in [0.15, 0.2) is 30.3 Å². The Morgan fingerprint density at radius 3 is 2.64 bits per heavy atom. The van der Waals surface area contributed by atoms with Crippen molar-refractivity contribution in [2.24, 2.45) is 0 Å². The third-order valence-electron chi connectivity index (χ3n) is 2.09. The molecule has 1 unspecified atom stereocenters. The topological polar surface area (TPSA) is 29.1 Å². The van der Waals surface area contributed by atoms with Crippen LogP contribution in [0.4, 0.5) is 0 Å². The van der Waals surface area contributed by atoms with E-state index < -0.39 is 6.29 Å². The van der Waals surface area contributed by atoms with Gasteiger partial charge >= 0.3 is 0 Å². The number of hydrogen-bond acceptors (Lipinski definition) is 1. The van der Waals surface area contributed by atoms with Crippen LogP contribution in [0.5, 0.6) is 0 Å². The van der Waals surface area contributed by atoms with Gasteiger partial charge in [-0.2, -0.15) is 0 Å². The molecule has 0 heterocycles. The van der Waals surface area contributed by atoms with E-state index in [9.17, 15) is 5.11 Å². The van der Waals surface area contributed by atoms with Crippen LogP contribution in [0.3, 0.4) is 0 Å².